The molecule has 1 atom stereocenters. The van der Waals surface area contributed by atoms with Crippen molar-refractivity contribution in [3.8, 4) is 0 Å². The number of aromatic amines is 2. The van der Waals surface area contributed by atoms with Crippen LogP contribution >= 0.6 is 0 Å². The molecule has 0 spiro atoms. The second-order valence-corrected chi connectivity index (χ2v) is 7.95. The molecule has 1 unspecified atom stereocenters. The van der Waals surface area contributed by atoms with E-state index < -0.39 is 0 Å². The average molecular weight is 376 g/mol. The molecule has 144 valence electrons. The number of nitrogens with one attached hydrogen (secondary N) is 2. The van der Waals surface area contributed by atoms with Crippen LogP contribution in [0.5, 0.6) is 0 Å². The number of likely N-dealkylation sites (tertiary alicyclic amines) is 1. The van der Waals surface area contributed by atoms with Crippen molar-refractivity contribution in [2.24, 2.45) is 0 Å². The summed E-state index contributed by atoms with van der Waals surface area (Å²) in [5.41, 5.74) is 4.13. The molecule has 6 heteroatoms. The number of nitrogens with zero attached hydrogens (tertiary/aromatic N) is 2. The first-order valence-corrected chi connectivity index (χ1v) is 10.2. The molecule has 0 saturated carbocycles. The molecule has 2 N–H and O–H groups in total. The lowest BCUT2D eigenvalue weighted by Crippen LogP contribution is -2.41. The van der Waals surface area contributed by atoms with Crippen molar-refractivity contribution >= 4 is 16.9 Å². The van der Waals surface area contributed by atoms with Gasteiger partial charge in [0.05, 0.1) is 11.0 Å². The zero-order chi connectivity index (χ0) is 19.1. The molecular weight excluding hydrogens is 352 g/mol. The Morgan fingerprint density at radius 1 is 1.11 bits per heavy atom. The van der Waals surface area contributed by atoms with Crippen molar-refractivity contribution in [3.63, 3.8) is 0 Å². The minimum Gasteiger partial charge on any atom is -0.342 e. The minimum absolute atomic E-state index is 0.157. The van der Waals surface area contributed by atoms with E-state index in [2.05, 4.69) is 9.97 Å². The molecule has 2 aromatic heterocycles. The maximum Gasteiger partial charge on any atom is 0.261 e. The van der Waals surface area contributed by atoms with Crippen LogP contribution in [-0.4, -0.2) is 38.8 Å². The number of fused-ring (bicyclic) bond motifs is 2. The third-order valence-electron chi connectivity index (χ3n) is 6.07. The van der Waals surface area contributed by atoms with Gasteiger partial charge in [0.25, 0.3) is 11.5 Å². The Hall–Kier alpha value is -2.89. The zero-order valence-electron chi connectivity index (χ0n) is 15.8. The molecule has 1 fully saturated rings. The predicted molar refractivity (Wildman–Crippen MR) is 108 cm³/mol. The Balaban J connectivity index is 1.40. The summed E-state index contributed by atoms with van der Waals surface area (Å²) in [5.74, 6) is 0.940. The van der Waals surface area contributed by atoms with Crippen LogP contribution < -0.4 is 5.56 Å². The Morgan fingerprint density at radius 2 is 1.96 bits per heavy atom. The lowest BCUT2D eigenvalue weighted by atomic mass is 9.94. The van der Waals surface area contributed by atoms with E-state index in [4.69, 9.17) is 4.98 Å². The molecular formula is C22H24N4O2. The standard InChI is InChI=1S/C22H24N4O2/c27-21-16(12-14-6-1-2-8-17(14)25-21)22(28)26-11-5-7-15(13-26)20-23-18-9-3-4-10-19(18)24-20/h3-4,9-10,12,15H,1-2,5-8,11,13H2,(H,23,24)(H,25,27). The van der Waals surface area contributed by atoms with Gasteiger partial charge in [-0.05, 0) is 62.3 Å². The van der Waals surface area contributed by atoms with Crippen molar-refractivity contribution in [1.82, 2.24) is 19.9 Å². The summed E-state index contributed by atoms with van der Waals surface area (Å²) >= 11 is 0. The number of piperidine rings is 1. The number of carbonyl (C=O) groups excluding carboxylic acids is 1. The molecule has 3 aromatic rings. The van der Waals surface area contributed by atoms with Crippen LogP contribution in [0.15, 0.2) is 35.1 Å². The monoisotopic (exact) mass is 376 g/mol. The first kappa shape index (κ1) is 17.2. The van der Waals surface area contributed by atoms with Gasteiger partial charge in [0.15, 0.2) is 0 Å². The quantitative estimate of drug-likeness (QED) is 0.721. The van der Waals surface area contributed by atoms with Crippen LogP contribution in [0.4, 0.5) is 0 Å². The normalized spacial score (nSPS) is 19.6. The van der Waals surface area contributed by atoms with Crippen LogP contribution in [0.3, 0.4) is 0 Å². The molecule has 1 aromatic carbocycles. The van der Waals surface area contributed by atoms with Crippen LogP contribution in [-0.2, 0) is 12.8 Å². The number of para-hydroxylation sites is 2. The van der Waals surface area contributed by atoms with E-state index in [0.717, 1.165) is 66.6 Å². The summed E-state index contributed by atoms with van der Waals surface area (Å²) < 4.78 is 0. The van der Waals surface area contributed by atoms with Gasteiger partial charge in [-0.2, -0.15) is 0 Å². The maximum absolute atomic E-state index is 13.1. The van der Waals surface area contributed by atoms with E-state index in [1.165, 1.54) is 0 Å². The van der Waals surface area contributed by atoms with Crippen LogP contribution in [0.1, 0.15) is 59.0 Å². The number of H-pyrrole nitrogens is 2. The molecule has 1 saturated heterocycles. The van der Waals surface area contributed by atoms with Gasteiger partial charge in [-0.3, -0.25) is 9.59 Å². The van der Waals surface area contributed by atoms with Gasteiger partial charge in [-0.25, -0.2) is 4.98 Å². The minimum atomic E-state index is -0.253. The Kier molecular flexibility index (Phi) is 4.26. The number of benzene rings is 1. The van der Waals surface area contributed by atoms with Crippen molar-refractivity contribution in [3.05, 3.63) is 63.3 Å². The van der Waals surface area contributed by atoms with E-state index in [1.807, 2.05) is 35.2 Å². The van der Waals surface area contributed by atoms with Crippen molar-refractivity contribution in [2.45, 2.75) is 44.4 Å². The summed E-state index contributed by atoms with van der Waals surface area (Å²) in [6.45, 7) is 1.28. The number of pyridine rings is 1. The van der Waals surface area contributed by atoms with E-state index in [-0.39, 0.29) is 22.9 Å². The summed E-state index contributed by atoms with van der Waals surface area (Å²) in [4.78, 5) is 38.5. The lowest BCUT2D eigenvalue weighted by Gasteiger charge is -2.32. The molecule has 0 bridgehead atoms. The number of rotatable bonds is 2. The first-order chi connectivity index (χ1) is 13.7. The highest BCUT2D eigenvalue weighted by atomic mass is 16.2. The van der Waals surface area contributed by atoms with E-state index in [1.54, 1.807) is 0 Å². The van der Waals surface area contributed by atoms with Crippen LogP contribution in [0, 0.1) is 0 Å². The third-order valence-corrected chi connectivity index (χ3v) is 6.07. The molecule has 1 aliphatic heterocycles. The molecule has 3 heterocycles. The van der Waals surface area contributed by atoms with Crippen LogP contribution in [0.2, 0.25) is 0 Å². The highest BCUT2D eigenvalue weighted by Crippen LogP contribution is 2.28. The highest BCUT2D eigenvalue weighted by molar-refractivity contribution is 5.94. The molecule has 2 aliphatic rings. The molecule has 1 aliphatic carbocycles. The molecule has 5 rings (SSSR count). The first-order valence-electron chi connectivity index (χ1n) is 10.2. The predicted octanol–water partition coefficient (Wildman–Crippen LogP) is 3.15. The SMILES string of the molecule is O=C(c1cc2c([nH]c1=O)CCCC2)N1CCCC(c2nc3ccccc3[nH]2)C1. The number of imidazole rings is 1. The molecule has 6 nitrogen and oxygen atoms in total. The van der Waals surface area contributed by atoms with Gasteiger partial charge in [0.1, 0.15) is 11.4 Å². The number of carbonyl (C=O) groups is 1. The highest BCUT2D eigenvalue weighted by Gasteiger charge is 2.29. The molecule has 0 radical (unpaired) electrons. The smallest absolute Gasteiger partial charge is 0.261 e. The fraction of sp³-hybridized carbons (Fsp3) is 0.409. The summed E-state index contributed by atoms with van der Waals surface area (Å²) in [5, 5.41) is 0. The van der Waals surface area contributed by atoms with Gasteiger partial charge in [-0.1, -0.05) is 12.1 Å². The number of aromatic nitrogens is 3. The number of aryl methyl sites for hydroxylation is 2. The molecule has 28 heavy (non-hydrogen) atoms. The third kappa shape index (κ3) is 3.03. The second kappa shape index (κ2) is 6.93. The Morgan fingerprint density at radius 3 is 2.86 bits per heavy atom. The molecule has 1 amide bonds. The van der Waals surface area contributed by atoms with E-state index in [0.29, 0.717) is 13.1 Å². The Labute approximate surface area is 163 Å². The van der Waals surface area contributed by atoms with Gasteiger partial charge in [0, 0.05) is 24.7 Å². The second-order valence-electron chi connectivity index (χ2n) is 7.95. The van der Waals surface area contributed by atoms with Gasteiger partial charge in [0.2, 0.25) is 0 Å². The largest absolute Gasteiger partial charge is 0.342 e. The topological polar surface area (TPSA) is 81.8 Å². The summed E-state index contributed by atoms with van der Waals surface area (Å²) in [6.07, 6.45) is 5.96. The summed E-state index contributed by atoms with van der Waals surface area (Å²) in [6, 6.07) is 9.81. The lowest BCUT2D eigenvalue weighted by molar-refractivity contribution is 0.0703. The van der Waals surface area contributed by atoms with Crippen molar-refractivity contribution in [1.29, 1.82) is 0 Å². The summed E-state index contributed by atoms with van der Waals surface area (Å²) in [7, 11) is 0. The number of hydrogen-bond acceptors (Lipinski definition) is 3. The maximum atomic E-state index is 13.1. The fourth-order valence-corrected chi connectivity index (χ4v) is 4.55. The number of hydrogen-bond donors (Lipinski definition) is 2. The van der Waals surface area contributed by atoms with Gasteiger partial charge in [-0.15, -0.1) is 0 Å². The van der Waals surface area contributed by atoms with E-state index >= 15 is 0 Å². The zero-order valence-corrected chi connectivity index (χ0v) is 15.8. The van der Waals surface area contributed by atoms with Crippen molar-refractivity contribution < 1.29 is 4.79 Å². The average Bonchev–Trinajstić information content (AvgIpc) is 3.17. The van der Waals surface area contributed by atoms with Gasteiger partial charge >= 0.3 is 0 Å². The van der Waals surface area contributed by atoms with Crippen molar-refractivity contribution in [2.75, 3.05) is 13.1 Å². The van der Waals surface area contributed by atoms with Crippen LogP contribution in [0.25, 0.3) is 11.0 Å². The Bertz CT molecular complexity index is 1060. The van der Waals surface area contributed by atoms with E-state index in [9.17, 15) is 9.59 Å². The number of amides is 1. The van der Waals surface area contributed by atoms with Gasteiger partial charge < -0.3 is 14.9 Å². The fourth-order valence-electron chi connectivity index (χ4n) is 4.55.